The minimum atomic E-state index is 0.984. The molecule has 2 aromatic carbocycles. The Hall–Kier alpha value is -2.42. The van der Waals surface area contributed by atoms with Crippen LogP contribution in [0.5, 0.6) is 0 Å². The van der Waals surface area contributed by atoms with Gasteiger partial charge in [-0.1, -0.05) is 42.5 Å². The van der Waals surface area contributed by atoms with E-state index in [1.54, 1.807) is 0 Å². The summed E-state index contributed by atoms with van der Waals surface area (Å²) in [4.78, 5) is 0. The SMILES string of the molecule is c1cc2cc(c1)-c1n[nH]nc1CCCCc1ccccc1CC2. The zero-order valence-electron chi connectivity index (χ0n) is 13.3. The van der Waals surface area contributed by atoms with Gasteiger partial charge in [0.25, 0.3) is 0 Å². The maximum Gasteiger partial charge on any atom is 0.116 e. The first-order valence-electron chi connectivity index (χ1n) is 8.46. The van der Waals surface area contributed by atoms with Crippen molar-refractivity contribution in [3.8, 4) is 11.3 Å². The summed E-state index contributed by atoms with van der Waals surface area (Å²) in [5, 5.41) is 11.6. The molecule has 1 N–H and O–H groups in total. The molecule has 0 saturated heterocycles. The third kappa shape index (κ3) is 3.04. The third-order valence-electron chi connectivity index (χ3n) is 4.73. The average Bonchev–Trinajstić information content (AvgIpc) is 3.06. The Kier molecular flexibility index (Phi) is 3.93. The Balaban J connectivity index is 1.71. The van der Waals surface area contributed by atoms with Crippen LogP contribution in [0.3, 0.4) is 0 Å². The van der Waals surface area contributed by atoms with Gasteiger partial charge in [-0.15, -0.1) is 0 Å². The normalized spacial score (nSPS) is 14.8. The topological polar surface area (TPSA) is 41.6 Å². The van der Waals surface area contributed by atoms with Crippen LogP contribution in [0.25, 0.3) is 11.3 Å². The fourth-order valence-electron chi connectivity index (χ4n) is 3.46. The second kappa shape index (κ2) is 6.37. The number of fused-ring (bicyclic) bond motifs is 5. The standard InChI is InChI=1S/C20H21N3/c1-2-9-17-13-12-15-6-5-10-18(14-15)20-19(21-23-22-20)11-4-3-8-16(17)7-1/h1-2,5-7,9-10,14H,3-4,8,11-13H2,(H,21,22,23). The van der Waals surface area contributed by atoms with Crippen LogP contribution in [-0.2, 0) is 25.7 Å². The van der Waals surface area contributed by atoms with E-state index in [4.69, 9.17) is 0 Å². The van der Waals surface area contributed by atoms with Crippen molar-refractivity contribution in [2.45, 2.75) is 38.5 Å². The van der Waals surface area contributed by atoms with E-state index in [2.05, 4.69) is 63.9 Å². The van der Waals surface area contributed by atoms with Crippen molar-refractivity contribution in [2.75, 3.05) is 0 Å². The molecule has 4 rings (SSSR count). The minimum Gasteiger partial charge on any atom is -0.197 e. The highest BCUT2D eigenvalue weighted by molar-refractivity contribution is 5.62. The molecule has 1 heterocycles. The first-order chi connectivity index (χ1) is 11.4. The number of rotatable bonds is 0. The summed E-state index contributed by atoms with van der Waals surface area (Å²) in [5.41, 5.74) is 7.65. The number of hydrogen-bond acceptors (Lipinski definition) is 2. The number of hydrogen-bond donors (Lipinski definition) is 1. The quantitative estimate of drug-likeness (QED) is 0.678. The fraction of sp³-hybridized carbons (Fsp3) is 0.300. The van der Waals surface area contributed by atoms with Gasteiger partial charge in [0.15, 0.2) is 0 Å². The lowest BCUT2D eigenvalue weighted by Gasteiger charge is -2.09. The summed E-state index contributed by atoms with van der Waals surface area (Å²) < 4.78 is 0. The maximum atomic E-state index is 4.39. The first kappa shape index (κ1) is 14.2. The van der Waals surface area contributed by atoms with Crippen molar-refractivity contribution in [2.24, 2.45) is 0 Å². The number of aromatic nitrogens is 3. The van der Waals surface area contributed by atoms with Crippen molar-refractivity contribution in [3.05, 3.63) is 70.9 Å². The van der Waals surface area contributed by atoms with E-state index in [9.17, 15) is 0 Å². The molecule has 3 heteroatoms. The third-order valence-corrected chi connectivity index (χ3v) is 4.73. The Bertz CT molecular complexity index is 804. The molecule has 2 bridgehead atoms. The highest BCUT2D eigenvalue weighted by atomic mass is 15.3. The minimum absolute atomic E-state index is 0.984. The second-order valence-electron chi connectivity index (χ2n) is 6.30. The van der Waals surface area contributed by atoms with E-state index in [-0.39, 0.29) is 0 Å². The molecular formula is C20H21N3. The number of nitrogens with zero attached hydrogens (tertiary/aromatic N) is 2. The summed E-state index contributed by atoms with van der Waals surface area (Å²) in [6, 6.07) is 17.6. The van der Waals surface area contributed by atoms with Gasteiger partial charge in [0, 0.05) is 5.56 Å². The lowest BCUT2D eigenvalue weighted by atomic mass is 9.96. The van der Waals surface area contributed by atoms with Gasteiger partial charge in [0.1, 0.15) is 5.69 Å². The van der Waals surface area contributed by atoms with Gasteiger partial charge >= 0.3 is 0 Å². The highest BCUT2D eigenvalue weighted by Crippen LogP contribution is 2.24. The van der Waals surface area contributed by atoms with Crippen molar-refractivity contribution < 1.29 is 0 Å². The van der Waals surface area contributed by atoms with Gasteiger partial charge in [-0.3, -0.25) is 0 Å². The molecule has 0 saturated carbocycles. The lowest BCUT2D eigenvalue weighted by molar-refractivity contribution is 0.715. The van der Waals surface area contributed by atoms with Gasteiger partial charge in [-0.2, -0.15) is 15.4 Å². The summed E-state index contributed by atoms with van der Waals surface area (Å²) >= 11 is 0. The van der Waals surface area contributed by atoms with Gasteiger partial charge in [0.05, 0.1) is 5.69 Å². The lowest BCUT2D eigenvalue weighted by Crippen LogP contribution is -1.97. The smallest absolute Gasteiger partial charge is 0.116 e. The summed E-state index contributed by atoms with van der Waals surface area (Å²) in [5.74, 6) is 0. The summed E-state index contributed by atoms with van der Waals surface area (Å²) in [6.45, 7) is 0. The van der Waals surface area contributed by atoms with E-state index in [1.165, 1.54) is 28.7 Å². The molecule has 1 aliphatic carbocycles. The fourth-order valence-corrected chi connectivity index (χ4v) is 3.46. The Morgan fingerprint density at radius 3 is 2.48 bits per heavy atom. The monoisotopic (exact) mass is 303 g/mol. The number of benzene rings is 2. The van der Waals surface area contributed by atoms with E-state index in [0.717, 1.165) is 43.5 Å². The van der Waals surface area contributed by atoms with Gasteiger partial charge in [-0.05, 0) is 61.3 Å². The molecule has 0 radical (unpaired) electrons. The van der Waals surface area contributed by atoms with Crippen molar-refractivity contribution >= 4 is 0 Å². The zero-order valence-corrected chi connectivity index (χ0v) is 13.3. The number of H-pyrrole nitrogens is 1. The molecule has 1 aromatic heterocycles. The van der Waals surface area contributed by atoms with E-state index in [1.807, 2.05) is 0 Å². The van der Waals surface area contributed by atoms with Crippen molar-refractivity contribution in [1.29, 1.82) is 0 Å². The van der Waals surface area contributed by atoms with Crippen molar-refractivity contribution in [1.82, 2.24) is 15.4 Å². The number of aryl methyl sites for hydroxylation is 4. The predicted molar refractivity (Wildman–Crippen MR) is 92.3 cm³/mol. The molecule has 0 atom stereocenters. The Labute approximate surface area is 136 Å². The zero-order chi connectivity index (χ0) is 15.5. The molecule has 0 amide bonds. The second-order valence-corrected chi connectivity index (χ2v) is 6.30. The summed E-state index contributed by atoms with van der Waals surface area (Å²) in [6.07, 6.45) is 6.65. The molecule has 1 aliphatic rings. The molecule has 0 spiro atoms. The predicted octanol–water partition coefficient (Wildman–Crippen LogP) is 4.14. The van der Waals surface area contributed by atoms with E-state index >= 15 is 0 Å². The highest BCUT2D eigenvalue weighted by Gasteiger charge is 2.12. The molecule has 3 aromatic rings. The molecule has 116 valence electrons. The van der Waals surface area contributed by atoms with Crippen LogP contribution >= 0.6 is 0 Å². The van der Waals surface area contributed by atoms with E-state index in [0.29, 0.717) is 0 Å². The van der Waals surface area contributed by atoms with Crippen molar-refractivity contribution in [3.63, 3.8) is 0 Å². The molecule has 3 nitrogen and oxygen atoms in total. The summed E-state index contributed by atoms with van der Waals surface area (Å²) in [7, 11) is 0. The van der Waals surface area contributed by atoms with Crippen LogP contribution in [0.2, 0.25) is 0 Å². The molecule has 0 unspecified atom stereocenters. The van der Waals surface area contributed by atoms with Gasteiger partial charge in [-0.25, -0.2) is 0 Å². The molecule has 0 aliphatic heterocycles. The number of aromatic amines is 1. The van der Waals surface area contributed by atoms with Gasteiger partial charge in [0.2, 0.25) is 0 Å². The van der Waals surface area contributed by atoms with E-state index < -0.39 is 0 Å². The molecule has 0 fully saturated rings. The van der Waals surface area contributed by atoms with Crippen LogP contribution in [0.4, 0.5) is 0 Å². The molecule has 23 heavy (non-hydrogen) atoms. The van der Waals surface area contributed by atoms with Crippen LogP contribution in [0, 0.1) is 0 Å². The molecular weight excluding hydrogens is 282 g/mol. The van der Waals surface area contributed by atoms with Crippen LogP contribution in [-0.4, -0.2) is 15.4 Å². The van der Waals surface area contributed by atoms with Crippen LogP contribution in [0.15, 0.2) is 48.5 Å². The largest absolute Gasteiger partial charge is 0.197 e. The van der Waals surface area contributed by atoms with Crippen LogP contribution in [0.1, 0.15) is 35.2 Å². The average molecular weight is 303 g/mol. The maximum absolute atomic E-state index is 4.39. The first-order valence-corrected chi connectivity index (χ1v) is 8.46. The Morgan fingerprint density at radius 1 is 0.739 bits per heavy atom. The van der Waals surface area contributed by atoms with Gasteiger partial charge < -0.3 is 0 Å². The number of nitrogens with one attached hydrogen (secondary N) is 1. The Morgan fingerprint density at radius 2 is 1.57 bits per heavy atom. The van der Waals surface area contributed by atoms with Crippen LogP contribution < -0.4 is 0 Å².